The number of hydrogen-bond acceptors (Lipinski definition) is 4. The topological polar surface area (TPSA) is 29.5 Å². The second-order valence-corrected chi connectivity index (χ2v) is 8.78. The number of unbranched alkanes of at least 4 members (excludes halogenated alkanes) is 5. The lowest BCUT2D eigenvalue weighted by molar-refractivity contribution is 0.102. The number of nitrogens with zero attached hydrogens (tertiary/aromatic N) is 1. The van der Waals surface area contributed by atoms with Gasteiger partial charge in [0, 0.05) is 18.7 Å². The van der Waals surface area contributed by atoms with E-state index in [4.69, 9.17) is 17.0 Å². The van der Waals surface area contributed by atoms with Crippen molar-refractivity contribution in [3.05, 3.63) is 29.8 Å². The van der Waals surface area contributed by atoms with Crippen LogP contribution >= 0.6 is 24.0 Å². The normalized spacial score (nSPS) is 14.2. The fourth-order valence-electron chi connectivity index (χ4n) is 3.19. The van der Waals surface area contributed by atoms with Crippen LogP contribution in [0.2, 0.25) is 0 Å². The zero-order chi connectivity index (χ0) is 19.3. The summed E-state index contributed by atoms with van der Waals surface area (Å²) in [5, 5.41) is 0. The van der Waals surface area contributed by atoms with Crippen LogP contribution in [0, 0.1) is 0 Å². The summed E-state index contributed by atoms with van der Waals surface area (Å²) in [6.45, 7) is 5.05. The first-order valence-electron chi connectivity index (χ1n) is 10.4. The van der Waals surface area contributed by atoms with Crippen molar-refractivity contribution < 1.29 is 9.53 Å². The molecule has 1 heterocycles. The molecule has 1 aliphatic rings. The molecule has 0 radical (unpaired) electrons. The third kappa shape index (κ3) is 8.65. The average molecular weight is 408 g/mol. The molecule has 1 fully saturated rings. The van der Waals surface area contributed by atoms with Gasteiger partial charge in [-0.3, -0.25) is 4.79 Å². The molecule has 0 saturated carbocycles. The highest BCUT2D eigenvalue weighted by atomic mass is 32.2. The molecule has 0 atom stereocenters. The summed E-state index contributed by atoms with van der Waals surface area (Å²) in [5.41, 5.74) is 0.732. The van der Waals surface area contributed by atoms with Crippen molar-refractivity contribution in [2.75, 3.05) is 25.4 Å². The van der Waals surface area contributed by atoms with Crippen molar-refractivity contribution in [1.82, 2.24) is 4.90 Å². The van der Waals surface area contributed by atoms with Gasteiger partial charge in [0.15, 0.2) is 5.78 Å². The van der Waals surface area contributed by atoms with Gasteiger partial charge in [0.05, 0.1) is 12.4 Å². The lowest BCUT2D eigenvalue weighted by Crippen LogP contribution is -2.33. The Morgan fingerprint density at radius 1 is 1.04 bits per heavy atom. The lowest BCUT2D eigenvalue weighted by atomic mass is 10.1. The van der Waals surface area contributed by atoms with E-state index < -0.39 is 0 Å². The molecule has 0 unspecified atom stereocenters. The molecule has 0 aliphatic carbocycles. The Kier molecular flexibility index (Phi) is 10.8. The van der Waals surface area contributed by atoms with Crippen molar-refractivity contribution >= 4 is 34.1 Å². The maximum atomic E-state index is 12.4. The van der Waals surface area contributed by atoms with Gasteiger partial charge in [-0.15, -0.1) is 0 Å². The van der Waals surface area contributed by atoms with Gasteiger partial charge < -0.3 is 9.64 Å². The molecule has 1 saturated heterocycles. The summed E-state index contributed by atoms with van der Waals surface area (Å²) in [5.74, 6) is 1.38. The van der Waals surface area contributed by atoms with E-state index in [2.05, 4.69) is 11.8 Å². The molecule has 0 amide bonds. The predicted molar refractivity (Wildman–Crippen MR) is 120 cm³/mol. The van der Waals surface area contributed by atoms with Crippen molar-refractivity contribution in [2.45, 2.75) is 64.7 Å². The van der Waals surface area contributed by atoms with Gasteiger partial charge in [-0.05, 0) is 49.9 Å². The zero-order valence-corrected chi connectivity index (χ0v) is 18.2. The van der Waals surface area contributed by atoms with E-state index in [1.54, 1.807) is 0 Å². The summed E-state index contributed by atoms with van der Waals surface area (Å²) < 4.78 is 6.64. The van der Waals surface area contributed by atoms with Gasteiger partial charge in [0.25, 0.3) is 0 Å². The molecule has 5 heteroatoms. The molecular formula is C22H33NO2S2. The van der Waals surface area contributed by atoms with E-state index in [-0.39, 0.29) is 5.78 Å². The Morgan fingerprint density at radius 3 is 2.41 bits per heavy atom. The summed E-state index contributed by atoms with van der Waals surface area (Å²) in [7, 11) is 0. The average Bonchev–Trinajstić information content (AvgIpc) is 2.72. The Hall–Kier alpha value is -1.07. The van der Waals surface area contributed by atoms with Crippen LogP contribution in [0.15, 0.2) is 24.3 Å². The lowest BCUT2D eigenvalue weighted by Gasteiger charge is -2.28. The Labute approximate surface area is 174 Å². The first kappa shape index (κ1) is 22.2. The van der Waals surface area contributed by atoms with Crippen LogP contribution in [0.4, 0.5) is 0 Å². The zero-order valence-electron chi connectivity index (χ0n) is 16.6. The number of thioether (sulfide) groups is 1. The number of hydrogen-bond donors (Lipinski definition) is 0. The Bertz CT molecular complexity index is 568. The van der Waals surface area contributed by atoms with Crippen LogP contribution in [0.5, 0.6) is 5.75 Å². The highest BCUT2D eigenvalue weighted by Crippen LogP contribution is 2.19. The Balaban J connectivity index is 1.64. The number of ether oxygens (including phenoxy) is 1. The third-order valence-electron chi connectivity index (χ3n) is 4.88. The van der Waals surface area contributed by atoms with E-state index in [1.165, 1.54) is 63.1 Å². The summed E-state index contributed by atoms with van der Waals surface area (Å²) in [4.78, 5) is 14.6. The van der Waals surface area contributed by atoms with Gasteiger partial charge in [0.1, 0.15) is 10.1 Å². The first-order valence-corrected chi connectivity index (χ1v) is 11.8. The van der Waals surface area contributed by atoms with E-state index in [9.17, 15) is 4.79 Å². The molecule has 150 valence electrons. The molecule has 27 heavy (non-hydrogen) atoms. The standard InChI is InChI=1S/C22H33NO2S2/c1-2-3-4-5-6-10-17-25-20-13-11-19(12-14-20)21(24)18-27-22(26)23-15-8-7-9-16-23/h11-14H,2-10,15-18H2,1H3. The highest BCUT2D eigenvalue weighted by molar-refractivity contribution is 8.23. The molecule has 0 bridgehead atoms. The second-order valence-electron chi connectivity index (χ2n) is 7.17. The van der Waals surface area contributed by atoms with Gasteiger partial charge in [-0.1, -0.05) is 63.0 Å². The monoisotopic (exact) mass is 407 g/mol. The number of rotatable bonds is 11. The second kappa shape index (κ2) is 13.2. The van der Waals surface area contributed by atoms with Crippen LogP contribution in [0.3, 0.4) is 0 Å². The van der Waals surface area contributed by atoms with Gasteiger partial charge in [-0.2, -0.15) is 0 Å². The maximum Gasteiger partial charge on any atom is 0.173 e. The molecule has 1 aliphatic heterocycles. The number of ketones is 1. The number of carbonyl (C=O) groups excluding carboxylic acids is 1. The number of piperidine rings is 1. The SMILES string of the molecule is CCCCCCCCOc1ccc(C(=O)CSC(=S)N2CCCCC2)cc1. The molecule has 3 nitrogen and oxygen atoms in total. The number of likely N-dealkylation sites (tertiary alicyclic amines) is 1. The first-order chi connectivity index (χ1) is 13.2. The van der Waals surface area contributed by atoms with E-state index in [1.807, 2.05) is 24.3 Å². The van der Waals surface area contributed by atoms with Crippen LogP contribution < -0.4 is 4.74 Å². The van der Waals surface area contributed by atoms with Crippen molar-refractivity contribution in [3.8, 4) is 5.75 Å². The minimum absolute atomic E-state index is 0.127. The molecule has 1 aromatic rings. The van der Waals surface area contributed by atoms with Gasteiger partial charge in [-0.25, -0.2) is 0 Å². The van der Waals surface area contributed by atoms with Crippen LogP contribution in [0.1, 0.15) is 75.1 Å². The van der Waals surface area contributed by atoms with Crippen LogP contribution in [-0.2, 0) is 0 Å². The summed E-state index contributed by atoms with van der Waals surface area (Å²) in [6.07, 6.45) is 11.2. The van der Waals surface area contributed by atoms with Crippen molar-refractivity contribution in [2.24, 2.45) is 0 Å². The summed E-state index contributed by atoms with van der Waals surface area (Å²) in [6, 6.07) is 7.53. The molecular weight excluding hydrogens is 374 g/mol. The minimum Gasteiger partial charge on any atom is -0.494 e. The van der Waals surface area contributed by atoms with Crippen molar-refractivity contribution in [3.63, 3.8) is 0 Å². The third-order valence-corrected chi connectivity index (χ3v) is 6.41. The molecule has 0 N–H and O–H groups in total. The van der Waals surface area contributed by atoms with Crippen LogP contribution in [-0.4, -0.2) is 40.5 Å². The largest absolute Gasteiger partial charge is 0.494 e. The predicted octanol–water partition coefficient (Wildman–Crippen LogP) is 6.11. The quantitative estimate of drug-likeness (QED) is 0.251. The molecule has 1 aromatic carbocycles. The molecule has 0 spiro atoms. The number of thiocarbonyl (C=S) groups is 1. The maximum absolute atomic E-state index is 12.4. The Morgan fingerprint density at radius 2 is 1.70 bits per heavy atom. The van der Waals surface area contributed by atoms with E-state index >= 15 is 0 Å². The molecule has 0 aromatic heterocycles. The molecule has 2 rings (SSSR count). The van der Waals surface area contributed by atoms with Gasteiger partial charge >= 0.3 is 0 Å². The number of Topliss-reactive ketones (excluding diaryl/α,β-unsaturated/α-hetero) is 1. The van der Waals surface area contributed by atoms with E-state index in [0.29, 0.717) is 5.75 Å². The minimum atomic E-state index is 0.127. The fraction of sp³-hybridized carbons (Fsp3) is 0.636. The van der Waals surface area contributed by atoms with E-state index in [0.717, 1.165) is 41.8 Å². The number of carbonyl (C=O) groups is 1. The van der Waals surface area contributed by atoms with Crippen molar-refractivity contribution in [1.29, 1.82) is 0 Å². The van der Waals surface area contributed by atoms with Gasteiger partial charge in [0.2, 0.25) is 0 Å². The number of benzene rings is 1. The smallest absolute Gasteiger partial charge is 0.173 e. The summed E-state index contributed by atoms with van der Waals surface area (Å²) >= 11 is 6.96. The van der Waals surface area contributed by atoms with Crippen LogP contribution in [0.25, 0.3) is 0 Å². The highest BCUT2D eigenvalue weighted by Gasteiger charge is 2.15. The fourth-order valence-corrected chi connectivity index (χ4v) is 4.33.